The molecule has 26 heavy (non-hydrogen) atoms. The molecule has 138 valence electrons. The molecular weight excluding hydrogens is 358 g/mol. The third kappa shape index (κ3) is 3.80. The fraction of sp³-hybridized carbons (Fsp3) is 0.278. The predicted octanol–water partition coefficient (Wildman–Crippen LogP) is 4.12. The highest BCUT2D eigenvalue weighted by molar-refractivity contribution is 7.21. The summed E-state index contributed by atoms with van der Waals surface area (Å²) in [6.45, 7) is 7.53. The van der Waals surface area contributed by atoms with Gasteiger partial charge in [-0.25, -0.2) is 8.78 Å². The van der Waals surface area contributed by atoms with Crippen LogP contribution in [0.1, 0.15) is 40.3 Å². The maximum atomic E-state index is 13.6. The van der Waals surface area contributed by atoms with Crippen LogP contribution in [0.15, 0.2) is 18.2 Å². The average Bonchev–Trinajstić information content (AvgIpc) is 2.98. The van der Waals surface area contributed by atoms with E-state index in [0.29, 0.717) is 15.9 Å². The summed E-state index contributed by atoms with van der Waals surface area (Å²) >= 11 is 1.12. The zero-order valence-electron chi connectivity index (χ0n) is 15.0. The first-order chi connectivity index (χ1) is 12.4. The van der Waals surface area contributed by atoms with Gasteiger partial charge < -0.3 is 11.1 Å². The number of hydrogen-bond acceptors (Lipinski definition) is 5. The first kappa shape index (κ1) is 19.7. The fourth-order valence-corrected chi connectivity index (χ4v) is 3.36. The number of anilines is 1. The topological polar surface area (TPSA) is 80.9 Å². The number of nitrogen functional groups attached to an aromatic ring is 1. The Kier molecular flexibility index (Phi) is 6.20. The molecule has 0 unspecified atom stereocenters. The van der Waals surface area contributed by atoms with Crippen molar-refractivity contribution >= 4 is 33.1 Å². The second-order valence-corrected chi connectivity index (χ2v) is 6.35. The molecule has 1 amide bonds. The number of nitrogens with zero attached hydrogens (tertiary/aromatic N) is 2. The average molecular weight is 378 g/mol. The molecule has 8 heteroatoms. The fourth-order valence-electron chi connectivity index (χ4n) is 2.34. The Hall–Kier alpha value is -2.61. The van der Waals surface area contributed by atoms with Crippen molar-refractivity contribution in [3.05, 3.63) is 51.5 Å². The number of benzene rings is 1. The van der Waals surface area contributed by atoms with Gasteiger partial charge >= 0.3 is 0 Å². The van der Waals surface area contributed by atoms with Crippen LogP contribution in [0.2, 0.25) is 0 Å². The second kappa shape index (κ2) is 8.18. The quantitative estimate of drug-likeness (QED) is 0.718. The van der Waals surface area contributed by atoms with Crippen LogP contribution in [0, 0.1) is 25.5 Å². The molecule has 5 nitrogen and oxygen atoms in total. The number of halogens is 2. The number of hydrogen-bond donors (Lipinski definition) is 2. The van der Waals surface area contributed by atoms with E-state index in [0.717, 1.165) is 40.8 Å². The van der Waals surface area contributed by atoms with Crippen molar-refractivity contribution in [3.63, 3.8) is 0 Å². The lowest BCUT2D eigenvalue weighted by Crippen LogP contribution is -2.23. The van der Waals surface area contributed by atoms with Crippen LogP contribution in [0.5, 0.6) is 0 Å². The molecule has 3 aromatic rings. The first-order valence-electron chi connectivity index (χ1n) is 8.12. The number of aryl methyl sites for hydroxylation is 2. The van der Waals surface area contributed by atoms with Crippen molar-refractivity contribution in [3.8, 4) is 0 Å². The van der Waals surface area contributed by atoms with Gasteiger partial charge in [0.25, 0.3) is 5.91 Å². The number of nitrogens with two attached hydrogens (primary N) is 1. The molecule has 0 saturated heterocycles. The van der Waals surface area contributed by atoms with Crippen LogP contribution in [0.4, 0.5) is 14.5 Å². The van der Waals surface area contributed by atoms with E-state index in [4.69, 9.17) is 5.73 Å². The van der Waals surface area contributed by atoms with Crippen molar-refractivity contribution in [1.29, 1.82) is 0 Å². The third-order valence-corrected chi connectivity index (χ3v) is 4.88. The number of nitrogens with one attached hydrogen (secondary N) is 1. The Balaban J connectivity index is 0.00000117. The van der Waals surface area contributed by atoms with Gasteiger partial charge in [0.2, 0.25) is 0 Å². The van der Waals surface area contributed by atoms with Crippen LogP contribution in [-0.4, -0.2) is 16.1 Å². The molecule has 0 radical (unpaired) electrons. The molecular formula is C18H20F2N4OS. The van der Waals surface area contributed by atoms with Gasteiger partial charge in [-0.3, -0.25) is 4.79 Å². The van der Waals surface area contributed by atoms with E-state index in [-0.39, 0.29) is 17.0 Å². The molecule has 0 fully saturated rings. The zero-order chi connectivity index (χ0) is 19.4. The smallest absolute Gasteiger partial charge is 0.263 e. The van der Waals surface area contributed by atoms with Gasteiger partial charge in [-0.1, -0.05) is 13.8 Å². The van der Waals surface area contributed by atoms with Crippen LogP contribution >= 0.6 is 11.3 Å². The Labute approximate surface area is 154 Å². The molecule has 0 spiro atoms. The molecule has 3 rings (SSSR count). The predicted molar refractivity (Wildman–Crippen MR) is 100 cm³/mol. The highest BCUT2D eigenvalue weighted by Crippen LogP contribution is 2.34. The molecule has 0 bridgehead atoms. The molecule has 2 aromatic heterocycles. The minimum Gasteiger partial charge on any atom is -0.397 e. The maximum absolute atomic E-state index is 13.6. The maximum Gasteiger partial charge on any atom is 0.263 e. The van der Waals surface area contributed by atoms with Crippen molar-refractivity contribution in [2.45, 2.75) is 34.2 Å². The second-order valence-electron chi connectivity index (χ2n) is 5.35. The summed E-state index contributed by atoms with van der Waals surface area (Å²) in [6, 6.07) is 3.09. The molecule has 0 aliphatic carbocycles. The van der Waals surface area contributed by atoms with Crippen LogP contribution in [0.25, 0.3) is 10.2 Å². The van der Waals surface area contributed by atoms with Gasteiger partial charge in [0.05, 0.1) is 11.4 Å². The van der Waals surface area contributed by atoms with E-state index in [9.17, 15) is 13.6 Å². The zero-order valence-corrected chi connectivity index (χ0v) is 15.8. The molecule has 1 aromatic carbocycles. The van der Waals surface area contributed by atoms with E-state index in [2.05, 4.69) is 15.5 Å². The highest BCUT2D eigenvalue weighted by atomic mass is 32.1. The summed E-state index contributed by atoms with van der Waals surface area (Å²) in [5.41, 5.74) is 8.07. The number of carbonyl (C=O) groups excluding carboxylic acids is 1. The van der Waals surface area contributed by atoms with Crippen molar-refractivity contribution in [1.82, 2.24) is 15.5 Å². The van der Waals surface area contributed by atoms with Crippen LogP contribution in [0.3, 0.4) is 0 Å². The normalized spacial score (nSPS) is 10.4. The monoisotopic (exact) mass is 378 g/mol. The number of aromatic nitrogens is 2. The molecule has 0 saturated carbocycles. The summed E-state index contributed by atoms with van der Waals surface area (Å²) < 4.78 is 26.8. The van der Waals surface area contributed by atoms with Gasteiger partial charge in [-0.15, -0.1) is 16.4 Å². The Bertz CT molecular complexity index is 956. The summed E-state index contributed by atoms with van der Waals surface area (Å²) in [4.78, 5) is 13.2. The molecule has 0 aliphatic rings. The van der Waals surface area contributed by atoms with Gasteiger partial charge in [-0.2, -0.15) is 5.10 Å². The van der Waals surface area contributed by atoms with E-state index in [1.165, 1.54) is 0 Å². The summed E-state index contributed by atoms with van der Waals surface area (Å²) in [5, 5.41) is 11.3. The van der Waals surface area contributed by atoms with E-state index in [1.54, 1.807) is 0 Å². The Morgan fingerprint density at radius 2 is 1.92 bits per heavy atom. The molecule has 0 atom stereocenters. The summed E-state index contributed by atoms with van der Waals surface area (Å²) in [7, 11) is 0. The first-order valence-corrected chi connectivity index (χ1v) is 8.94. The minimum atomic E-state index is -0.585. The standard InChI is InChI=1S/C16H14F2N4OS.C2H6/c1-7-8(2)21-22-16-12(7)13(19)14(24-16)15(23)20-6-9-5-10(17)3-4-11(9)18;1-2/h3-5H,6,19H2,1-2H3,(H,20,23);1-2H3. The largest absolute Gasteiger partial charge is 0.397 e. The lowest BCUT2D eigenvalue weighted by Gasteiger charge is -2.06. The van der Waals surface area contributed by atoms with Gasteiger partial charge in [0.15, 0.2) is 0 Å². The Morgan fingerprint density at radius 1 is 1.23 bits per heavy atom. The number of fused-ring (bicyclic) bond motifs is 1. The molecule has 2 heterocycles. The molecule has 3 N–H and O–H groups in total. The number of thiophene rings is 1. The lowest BCUT2D eigenvalue weighted by molar-refractivity contribution is 0.0955. The van der Waals surface area contributed by atoms with Gasteiger partial charge in [0, 0.05) is 17.5 Å². The van der Waals surface area contributed by atoms with Crippen molar-refractivity contribution < 1.29 is 13.6 Å². The third-order valence-electron chi connectivity index (χ3n) is 3.79. The Morgan fingerprint density at radius 3 is 2.62 bits per heavy atom. The van der Waals surface area contributed by atoms with Crippen LogP contribution in [-0.2, 0) is 6.54 Å². The van der Waals surface area contributed by atoms with Crippen LogP contribution < -0.4 is 11.1 Å². The van der Waals surface area contributed by atoms with Crippen molar-refractivity contribution in [2.75, 3.05) is 5.73 Å². The lowest BCUT2D eigenvalue weighted by atomic mass is 10.1. The highest BCUT2D eigenvalue weighted by Gasteiger charge is 2.20. The minimum absolute atomic E-state index is 0.0647. The van der Waals surface area contributed by atoms with Crippen molar-refractivity contribution in [2.24, 2.45) is 0 Å². The van der Waals surface area contributed by atoms with E-state index < -0.39 is 17.5 Å². The number of amides is 1. The summed E-state index contributed by atoms with van der Waals surface area (Å²) in [6.07, 6.45) is 0. The summed E-state index contributed by atoms with van der Waals surface area (Å²) in [5.74, 6) is -1.61. The SMILES string of the molecule is CC.Cc1nnc2sc(C(=O)NCc3cc(F)ccc3F)c(N)c2c1C. The van der Waals surface area contributed by atoms with Gasteiger partial charge in [0.1, 0.15) is 21.3 Å². The van der Waals surface area contributed by atoms with E-state index >= 15 is 0 Å². The molecule has 0 aliphatic heterocycles. The number of rotatable bonds is 3. The van der Waals surface area contributed by atoms with E-state index in [1.807, 2.05) is 27.7 Å². The van der Waals surface area contributed by atoms with Gasteiger partial charge in [-0.05, 0) is 37.6 Å². The number of carbonyl (C=O) groups is 1.